The quantitative estimate of drug-likeness (QED) is 0.677. The Hall–Kier alpha value is -1.34. The highest BCUT2D eigenvalue weighted by Gasteiger charge is 2.41. The monoisotopic (exact) mass is 286 g/mol. The van der Waals surface area contributed by atoms with Gasteiger partial charge in [0.2, 0.25) is 0 Å². The summed E-state index contributed by atoms with van der Waals surface area (Å²) in [7, 11) is 0. The molecule has 1 saturated heterocycles. The van der Waals surface area contributed by atoms with Gasteiger partial charge in [-0.25, -0.2) is 4.79 Å². The van der Waals surface area contributed by atoms with Gasteiger partial charge in [0.25, 0.3) is 0 Å². The van der Waals surface area contributed by atoms with Crippen molar-refractivity contribution in [2.75, 3.05) is 32.9 Å². The van der Waals surface area contributed by atoms with Crippen molar-refractivity contribution in [3.05, 3.63) is 0 Å². The summed E-state index contributed by atoms with van der Waals surface area (Å²) in [6.45, 7) is 2.14. The highest BCUT2D eigenvalue weighted by Crippen LogP contribution is 2.37. The number of aliphatic carboxylic acids is 1. The van der Waals surface area contributed by atoms with Crippen molar-refractivity contribution in [1.29, 1.82) is 0 Å². The zero-order chi connectivity index (χ0) is 14.4. The number of hydrogen-bond acceptors (Lipinski definition) is 4. The smallest absolute Gasteiger partial charge is 0.314 e. The van der Waals surface area contributed by atoms with Crippen LogP contribution >= 0.6 is 0 Å². The summed E-state index contributed by atoms with van der Waals surface area (Å²) in [5.41, 5.74) is -0.790. The standard InChI is InChI=1S/C13H22N2O5/c16-11(17)13(3-1-2-4-13)9-15-12(18)14-7-10-8-19-5-6-20-10/h10H,1-9H2,(H,16,17)(H2,14,15,18). The number of hydrogen-bond donors (Lipinski definition) is 3. The molecule has 0 spiro atoms. The molecule has 0 aromatic rings. The van der Waals surface area contributed by atoms with E-state index >= 15 is 0 Å². The van der Waals surface area contributed by atoms with Gasteiger partial charge in [0.05, 0.1) is 31.3 Å². The molecule has 0 aromatic heterocycles. The van der Waals surface area contributed by atoms with E-state index in [0.717, 1.165) is 12.8 Å². The molecule has 114 valence electrons. The van der Waals surface area contributed by atoms with Gasteiger partial charge < -0.3 is 25.2 Å². The van der Waals surface area contributed by atoms with Gasteiger partial charge in [-0.3, -0.25) is 4.79 Å². The SMILES string of the molecule is O=C(NCC1COCCO1)NCC1(C(=O)O)CCCC1. The molecule has 2 aliphatic rings. The molecule has 2 amide bonds. The molecule has 0 aromatic carbocycles. The molecule has 1 atom stereocenters. The van der Waals surface area contributed by atoms with Crippen LogP contribution in [0, 0.1) is 5.41 Å². The van der Waals surface area contributed by atoms with E-state index in [-0.39, 0.29) is 18.7 Å². The van der Waals surface area contributed by atoms with Gasteiger partial charge in [0.15, 0.2) is 0 Å². The molecule has 7 heteroatoms. The molecule has 1 heterocycles. The van der Waals surface area contributed by atoms with Gasteiger partial charge in [-0.15, -0.1) is 0 Å². The Kier molecular flexibility index (Phi) is 5.19. The van der Waals surface area contributed by atoms with Gasteiger partial charge >= 0.3 is 12.0 Å². The van der Waals surface area contributed by atoms with E-state index in [4.69, 9.17) is 9.47 Å². The van der Waals surface area contributed by atoms with E-state index in [1.165, 1.54) is 0 Å². The first-order chi connectivity index (χ1) is 9.62. The van der Waals surface area contributed by atoms with E-state index in [2.05, 4.69) is 10.6 Å². The first kappa shape index (κ1) is 15.1. The fraction of sp³-hybridized carbons (Fsp3) is 0.846. The topological polar surface area (TPSA) is 96.9 Å². The number of carboxylic acids is 1. The minimum absolute atomic E-state index is 0.130. The average molecular weight is 286 g/mol. The maximum absolute atomic E-state index is 11.7. The number of amides is 2. The van der Waals surface area contributed by atoms with Crippen molar-refractivity contribution >= 4 is 12.0 Å². The van der Waals surface area contributed by atoms with Crippen LogP contribution in [-0.2, 0) is 14.3 Å². The lowest BCUT2D eigenvalue weighted by Crippen LogP contribution is -2.47. The zero-order valence-corrected chi connectivity index (χ0v) is 11.5. The van der Waals surface area contributed by atoms with E-state index < -0.39 is 11.4 Å². The lowest BCUT2D eigenvalue weighted by atomic mass is 9.86. The lowest BCUT2D eigenvalue weighted by Gasteiger charge is -2.25. The maximum Gasteiger partial charge on any atom is 0.314 e. The van der Waals surface area contributed by atoms with E-state index in [9.17, 15) is 14.7 Å². The Labute approximate surface area is 118 Å². The summed E-state index contributed by atoms with van der Waals surface area (Å²) < 4.78 is 10.6. The summed E-state index contributed by atoms with van der Waals surface area (Å²) in [5, 5.41) is 14.6. The summed E-state index contributed by atoms with van der Waals surface area (Å²) in [5.74, 6) is -0.820. The molecule has 1 aliphatic heterocycles. The van der Waals surface area contributed by atoms with Crippen LogP contribution in [0.25, 0.3) is 0 Å². The predicted molar refractivity (Wildman–Crippen MR) is 70.5 cm³/mol. The van der Waals surface area contributed by atoms with Gasteiger partial charge in [0, 0.05) is 13.1 Å². The van der Waals surface area contributed by atoms with E-state index in [1.807, 2.05) is 0 Å². The van der Waals surface area contributed by atoms with E-state index in [0.29, 0.717) is 39.2 Å². The van der Waals surface area contributed by atoms with Crippen LogP contribution in [0.3, 0.4) is 0 Å². The van der Waals surface area contributed by atoms with E-state index in [1.54, 1.807) is 0 Å². The first-order valence-corrected chi connectivity index (χ1v) is 7.07. The molecule has 2 fully saturated rings. The van der Waals surface area contributed by atoms with Crippen LogP contribution in [0.1, 0.15) is 25.7 Å². The minimum Gasteiger partial charge on any atom is -0.481 e. The molecule has 20 heavy (non-hydrogen) atoms. The molecule has 0 radical (unpaired) electrons. The fourth-order valence-corrected chi connectivity index (χ4v) is 2.69. The van der Waals surface area contributed by atoms with Crippen molar-refractivity contribution in [2.24, 2.45) is 5.41 Å². The molecule has 1 aliphatic carbocycles. The molecule has 2 rings (SSSR count). The van der Waals surface area contributed by atoms with Gasteiger partial charge in [0.1, 0.15) is 0 Å². The van der Waals surface area contributed by atoms with Gasteiger partial charge in [-0.2, -0.15) is 0 Å². The molecule has 0 bridgehead atoms. The average Bonchev–Trinajstić information content (AvgIpc) is 2.94. The third-order valence-electron chi connectivity index (χ3n) is 3.98. The van der Waals surface area contributed by atoms with Crippen LogP contribution in [0.4, 0.5) is 4.79 Å². The summed E-state index contributed by atoms with van der Waals surface area (Å²) in [6, 6.07) is -0.355. The van der Waals surface area contributed by atoms with Crippen molar-refractivity contribution in [3.8, 4) is 0 Å². The number of carboxylic acid groups (broad SMARTS) is 1. The number of ether oxygens (including phenoxy) is 2. The fourth-order valence-electron chi connectivity index (χ4n) is 2.69. The second kappa shape index (κ2) is 6.90. The van der Waals surface area contributed by atoms with Crippen LogP contribution in [0.5, 0.6) is 0 Å². The second-order valence-corrected chi connectivity index (χ2v) is 5.42. The van der Waals surface area contributed by atoms with Crippen LogP contribution in [-0.4, -0.2) is 56.1 Å². The zero-order valence-electron chi connectivity index (χ0n) is 11.5. The first-order valence-electron chi connectivity index (χ1n) is 7.07. The minimum atomic E-state index is -0.820. The Morgan fingerprint density at radius 1 is 1.20 bits per heavy atom. The highest BCUT2D eigenvalue weighted by molar-refractivity contribution is 5.78. The number of rotatable bonds is 5. The molecule has 7 nitrogen and oxygen atoms in total. The third kappa shape index (κ3) is 3.83. The summed E-state index contributed by atoms with van der Waals surface area (Å²) in [6.07, 6.45) is 2.94. The number of carbonyl (C=O) groups excluding carboxylic acids is 1. The van der Waals surface area contributed by atoms with Crippen molar-refractivity contribution in [2.45, 2.75) is 31.8 Å². The summed E-state index contributed by atoms with van der Waals surface area (Å²) in [4.78, 5) is 23.0. The van der Waals surface area contributed by atoms with Crippen molar-refractivity contribution < 1.29 is 24.2 Å². The number of urea groups is 1. The van der Waals surface area contributed by atoms with Crippen molar-refractivity contribution in [1.82, 2.24) is 10.6 Å². The van der Waals surface area contributed by atoms with Gasteiger partial charge in [-0.05, 0) is 12.8 Å². The van der Waals surface area contributed by atoms with Crippen LogP contribution < -0.4 is 10.6 Å². The molecular formula is C13H22N2O5. The predicted octanol–water partition coefficient (Wildman–Crippen LogP) is 0.346. The molecule has 1 saturated carbocycles. The summed E-state index contributed by atoms with van der Waals surface area (Å²) >= 11 is 0. The number of carbonyl (C=O) groups is 2. The number of nitrogens with one attached hydrogen (secondary N) is 2. The van der Waals surface area contributed by atoms with Crippen LogP contribution in [0.2, 0.25) is 0 Å². The van der Waals surface area contributed by atoms with Crippen molar-refractivity contribution in [3.63, 3.8) is 0 Å². The Morgan fingerprint density at radius 2 is 1.95 bits per heavy atom. The molecule has 3 N–H and O–H groups in total. The Balaban J connectivity index is 1.70. The molecular weight excluding hydrogens is 264 g/mol. The second-order valence-electron chi connectivity index (χ2n) is 5.42. The Bertz CT molecular complexity index is 349. The highest BCUT2D eigenvalue weighted by atomic mass is 16.6. The Morgan fingerprint density at radius 3 is 2.55 bits per heavy atom. The maximum atomic E-state index is 11.7. The largest absolute Gasteiger partial charge is 0.481 e. The van der Waals surface area contributed by atoms with Gasteiger partial charge in [-0.1, -0.05) is 12.8 Å². The van der Waals surface area contributed by atoms with Crippen LogP contribution in [0.15, 0.2) is 0 Å². The third-order valence-corrected chi connectivity index (χ3v) is 3.98. The lowest BCUT2D eigenvalue weighted by molar-refractivity contribution is -0.148. The normalized spacial score (nSPS) is 25.1. The molecule has 1 unspecified atom stereocenters.